The molecule has 21 heavy (non-hydrogen) atoms. The Hall–Kier alpha value is -2.22. The zero-order valence-electron chi connectivity index (χ0n) is 11.8. The first-order valence-electron chi connectivity index (χ1n) is 6.15. The summed E-state index contributed by atoms with van der Waals surface area (Å²) in [5, 5.41) is 16.8. The number of benzene rings is 1. The minimum absolute atomic E-state index is 0.153. The van der Waals surface area contributed by atoms with Crippen LogP contribution in [0.1, 0.15) is 11.1 Å². The van der Waals surface area contributed by atoms with Crippen LogP contribution in [0, 0.1) is 24.0 Å². The Morgan fingerprint density at radius 2 is 1.90 bits per heavy atom. The predicted molar refractivity (Wildman–Crippen MR) is 85.1 cm³/mol. The van der Waals surface area contributed by atoms with E-state index in [0.717, 1.165) is 21.3 Å². The highest BCUT2D eigenvalue weighted by Gasteiger charge is 2.17. The summed E-state index contributed by atoms with van der Waals surface area (Å²) in [5.41, 5.74) is 2.62. The van der Waals surface area contributed by atoms with Gasteiger partial charge in [0.2, 0.25) is 11.8 Å². The second-order valence-electron chi connectivity index (χ2n) is 4.48. The molecule has 0 bridgehead atoms. The van der Waals surface area contributed by atoms with Gasteiger partial charge in [0.1, 0.15) is 6.20 Å². The summed E-state index contributed by atoms with van der Waals surface area (Å²) in [6.45, 7) is 3.91. The number of halogens is 1. The first-order valence-corrected chi connectivity index (χ1v) is 6.94. The number of nitrogens with one attached hydrogen (secondary N) is 2. The average Bonchev–Trinajstić information content (AvgIpc) is 2.44. The molecule has 0 unspecified atom stereocenters. The Balaban J connectivity index is 2.45. The third kappa shape index (κ3) is 3.27. The van der Waals surface area contributed by atoms with Crippen LogP contribution < -0.4 is 10.6 Å². The largest absolute Gasteiger partial charge is 0.357 e. The Kier molecular flexibility index (Phi) is 4.37. The molecule has 110 valence electrons. The van der Waals surface area contributed by atoms with E-state index in [4.69, 9.17) is 0 Å². The predicted octanol–water partition coefficient (Wildman–Crippen LogP) is 3.55. The van der Waals surface area contributed by atoms with E-state index in [2.05, 4.69) is 36.5 Å². The Labute approximate surface area is 130 Å². The molecule has 2 aromatic rings. The highest BCUT2D eigenvalue weighted by molar-refractivity contribution is 9.10. The molecule has 0 saturated carbocycles. The molecule has 0 amide bonds. The Bertz CT molecular complexity index is 682. The molecule has 2 rings (SSSR count). The normalized spacial score (nSPS) is 10.3. The summed E-state index contributed by atoms with van der Waals surface area (Å²) in [6, 6.07) is 3.78. The van der Waals surface area contributed by atoms with Gasteiger partial charge >= 0.3 is 5.69 Å². The third-order valence-corrected chi connectivity index (χ3v) is 4.14. The number of nitrogens with zero attached hydrogens (tertiary/aromatic N) is 3. The van der Waals surface area contributed by atoms with Crippen molar-refractivity contribution >= 4 is 39.1 Å². The third-order valence-electron chi connectivity index (χ3n) is 2.89. The Morgan fingerprint density at radius 3 is 2.43 bits per heavy atom. The first kappa shape index (κ1) is 15.2. The van der Waals surface area contributed by atoms with Gasteiger partial charge in [-0.2, -0.15) is 4.98 Å². The summed E-state index contributed by atoms with van der Waals surface area (Å²) in [4.78, 5) is 18.5. The zero-order valence-corrected chi connectivity index (χ0v) is 13.4. The summed E-state index contributed by atoms with van der Waals surface area (Å²) >= 11 is 3.49. The molecule has 0 spiro atoms. The lowest BCUT2D eigenvalue weighted by Crippen LogP contribution is -2.04. The SMILES string of the molecule is CNc1ncc([N+](=O)[O-])c(Nc2cc(C)c(Br)c(C)c2)n1. The number of rotatable bonds is 4. The van der Waals surface area contributed by atoms with Gasteiger partial charge in [-0.05, 0) is 37.1 Å². The maximum Gasteiger partial charge on any atom is 0.329 e. The van der Waals surface area contributed by atoms with Crippen LogP contribution in [0.2, 0.25) is 0 Å². The number of hydrogen-bond acceptors (Lipinski definition) is 6. The van der Waals surface area contributed by atoms with E-state index in [-0.39, 0.29) is 11.5 Å². The fourth-order valence-electron chi connectivity index (χ4n) is 1.88. The molecule has 0 atom stereocenters. The molecule has 0 aliphatic carbocycles. The molecular weight excluding hydrogens is 338 g/mol. The van der Waals surface area contributed by atoms with Gasteiger partial charge in [0.05, 0.1) is 4.92 Å². The maximum atomic E-state index is 11.1. The lowest BCUT2D eigenvalue weighted by molar-refractivity contribution is -0.384. The van der Waals surface area contributed by atoms with Crippen LogP contribution >= 0.6 is 15.9 Å². The van der Waals surface area contributed by atoms with Gasteiger partial charge in [-0.3, -0.25) is 10.1 Å². The lowest BCUT2D eigenvalue weighted by Gasteiger charge is -2.10. The summed E-state index contributed by atoms with van der Waals surface area (Å²) in [5.74, 6) is 0.467. The molecule has 1 aromatic carbocycles. The van der Waals surface area contributed by atoms with Crippen LogP contribution in [0.5, 0.6) is 0 Å². The molecule has 2 N–H and O–H groups in total. The summed E-state index contributed by atoms with van der Waals surface area (Å²) in [6.07, 6.45) is 1.18. The highest BCUT2D eigenvalue weighted by Crippen LogP contribution is 2.29. The molecule has 0 fully saturated rings. The van der Waals surface area contributed by atoms with Gasteiger partial charge in [-0.25, -0.2) is 4.98 Å². The van der Waals surface area contributed by atoms with Crippen molar-refractivity contribution in [3.63, 3.8) is 0 Å². The van der Waals surface area contributed by atoms with Crippen LogP contribution in [0.4, 0.5) is 23.1 Å². The number of anilines is 3. The molecule has 0 aliphatic heterocycles. The van der Waals surface area contributed by atoms with E-state index in [9.17, 15) is 10.1 Å². The molecule has 1 heterocycles. The molecule has 7 nitrogen and oxygen atoms in total. The van der Waals surface area contributed by atoms with Crippen molar-refractivity contribution in [2.75, 3.05) is 17.7 Å². The second kappa shape index (κ2) is 6.04. The first-order chi connectivity index (χ1) is 9.92. The molecule has 0 aliphatic rings. The summed E-state index contributed by atoms with van der Waals surface area (Å²) in [7, 11) is 1.65. The minimum Gasteiger partial charge on any atom is -0.357 e. The van der Waals surface area contributed by atoms with Crippen LogP contribution in [0.25, 0.3) is 0 Å². The van der Waals surface area contributed by atoms with E-state index in [1.54, 1.807) is 7.05 Å². The number of aryl methyl sites for hydroxylation is 2. The standard InChI is InChI=1S/C13H14BrN5O2/c1-7-4-9(5-8(2)11(7)14)17-12-10(19(20)21)6-16-13(15-3)18-12/h4-6H,1-3H3,(H2,15,16,17,18). The maximum absolute atomic E-state index is 11.1. The zero-order chi connectivity index (χ0) is 15.6. The van der Waals surface area contributed by atoms with E-state index in [1.165, 1.54) is 6.20 Å². The van der Waals surface area contributed by atoms with E-state index >= 15 is 0 Å². The smallest absolute Gasteiger partial charge is 0.329 e. The van der Waals surface area contributed by atoms with Crippen LogP contribution in [-0.4, -0.2) is 21.9 Å². The van der Waals surface area contributed by atoms with E-state index in [0.29, 0.717) is 5.95 Å². The van der Waals surface area contributed by atoms with E-state index in [1.807, 2.05) is 26.0 Å². The fourth-order valence-corrected chi connectivity index (χ4v) is 2.11. The van der Waals surface area contributed by atoms with Crippen molar-refractivity contribution in [1.29, 1.82) is 0 Å². The van der Waals surface area contributed by atoms with Gasteiger partial charge < -0.3 is 10.6 Å². The van der Waals surface area contributed by atoms with Crippen molar-refractivity contribution < 1.29 is 4.92 Å². The van der Waals surface area contributed by atoms with E-state index < -0.39 is 4.92 Å². The average molecular weight is 352 g/mol. The second-order valence-corrected chi connectivity index (χ2v) is 5.28. The number of aromatic nitrogens is 2. The summed E-state index contributed by atoms with van der Waals surface area (Å²) < 4.78 is 1.01. The van der Waals surface area contributed by atoms with Gasteiger partial charge in [-0.15, -0.1) is 0 Å². The number of hydrogen-bond donors (Lipinski definition) is 2. The molecule has 1 aromatic heterocycles. The van der Waals surface area contributed by atoms with Crippen molar-refractivity contribution in [1.82, 2.24) is 9.97 Å². The molecule has 0 saturated heterocycles. The minimum atomic E-state index is -0.514. The quantitative estimate of drug-likeness (QED) is 0.646. The lowest BCUT2D eigenvalue weighted by atomic mass is 10.1. The number of nitro groups is 1. The van der Waals surface area contributed by atoms with Crippen LogP contribution in [0.15, 0.2) is 22.8 Å². The van der Waals surface area contributed by atoms with Crippen molar-refractivity contribution in [3.8, 4) is 0 Å². The van der Waals surface area contributed by atoms with Crippen molar-refractivity contribution in [2.24, 2.45) is 0 Å². The fraction of sp³-hybridized carbons (Fsp3) is 0.231. The monoisotopic (exact) mass is 351 g/mol. The molecule has 8 heteroatoms. The van der Waals surface area contributed by atoms with Crippen LogP contribution in [0.3, 0.4) is 0 Å². The molecule has 0 radical (unpaired) electrons. The Morgan fingerprint density at radius 1 is 1.29 bits per heavy atom. The van der Waals surface area contributed by atoms with Gasteiger partial charge in [0.15, 0.2) is 0 Å². The highest BCUT2D eigenvalue weighted by atomic mass is 79.9. The van der Waals surface area contributed by atoms with Gasteiger partial charge in [-0.1, -0.05) is 15.9 Å². The van der Waals surface area contributed by atoms with Crippen LogP contribution in [-0.2, 0) is 0 Å². The van der Waals surface area contributed by atoms with Gasteiger partial charge in [0.25, 0.3) is 0 Å². The topological polar surface area (TPSA) is 93.0 Å². The molecular formula is C13H14BrN5O2. The van der Waals surface area contributed by atoms with Crippen molar-refractivity contribution in [3.05, 3.63) is 44.0 Å². The van der Waals surface area contributed by atoms with Crippen molar-refractivity contribution in [2.45, 2.75) is 13.8 Å². The van der Waals surface area contributed by atoms with Gasteiger partial charge in [0, 0.05) is 17.2 Å².